The molecule has 1 atom stereocenters. The van der Waals surface area contributed by atoms with E-state index in [1.807, 2.05) is 24.3 Å². The second-order valence-corrected chi connectivity index (χ2v) is 4.58. The van der Waals surface area contributed by atoms with Crippen LogP contribution in [0.3, 0.4) is 0 Å². The van der Waals surface area contributed by atoms with Crippen LogP contribution in [0, 0.1) is 16.7 Å². The van der Waals surface area contributed by atoms with E-state index in [-0.39, 0.29) is 5.97 Å². The normalized spacial score (nSPS) is 12.6. The van der Waals surface area contributed by atoms with Gasteiger partial charge < -0.3 is 4.74 Å². The Morgan fingerprint density at radius 2 is 1.88 bits per heavy atom. The van der Waals surface area contributed by atoms with Crippen LogP contribution in [-0.4, -0.2) is 5.97 Å². The van der Waals surface area contributed by atoms with Crippen molar-refractivity contribution < 1.29 is 9.53 Å². The van der Waals surface area contributed by atoms with Crippen LogP contribution in [0.1, 0.15) is 32.4 Å². The highest BCUT2D eigenvalue weighted by Gasteiger charge is 2.26. The van der Waals surface area contributed by atoms with Crippen LogP contribution in [-0.2, 0) is 9.53 Å². The maximum absolute atomic E-state index is 11.6. The Bertz CT molecular complexity index is 398. The summed E-state index contributed by atoms with van der Waals surface area (Å²) in [4.78, 5) is 11.6. The van der Waals surface area contributed by atoms with Gasteiger partial charge in [0.1, 0.15) is 6.07 Å². The zero-order valence-electron chi connectivity index (χ0n) is 9.73. The maximum Gasteiger partial charge on any atom is 0.312 e. The molecule has 0 aliphatic carbocycles. The molecule has 0 amide bonds. The minimum Gasteiger partial charge on any atom is -0.442 e. The van der Waals surface area contributed by atoms with E-state index in [0.29, 0.717) is 5.56 Å². The van der Waals surface area contributed by atoms with E-state index in [4.69, 9.17) is 10.00 Å². The minimum absolute atomic E-state index is 0.372. The first-order valence-electron chi connectivity index (χ1n) is 5.11. The SMILES string of the molecule is CC(C)(C)C(=O)OC(C#N)c1ccccc1. The number of carbonyl (C=O) groups excluding carboxylic acids is 1. The van der Waals surface area contributed by atoms with Gasteiger partial charge in [0.05, 0.1) is 5.41 Å². The Kier molecular flexibility index (Phi) is 3.68. The van der Waals surface area contributed by atoms with Gasteiger partial charge in [-0.15, -0.1) is 0 Å². The zero-order chi connectivity index (χ0) is 12.2. The summed E-state index contributed by atoms with van der Waals surface area (Å²) in [6.07, 6.45) is -0.826. The molecule has 0 radical (unpaired) electrons. The van der Waals surface area contributed by atoms with Crippen LogP contribution in [0.4, 0.5) is 0 Å². The van der Waals surface area contributed by atoms with E-state index in [9.17, 15) is 4.79 Å². The Morgan fingerprint density at radius 3 is 2.31 bits per heavy atom. The van der Waals surface area contributed by atoms with Crippen molar-refractivity contribution in [2.45, 2.75) is 26.9 Å². The molecule has 0 heterocycles. The second-order valence-electron chi connectivity index (χ2n) is 4.58. The summed E-state index contributed by atoms with van der Waals surface area (Å²) in [7, 11) is 0. The molecule has 0 N–H and O–H groups in total. The predicted octanol–water partition coefficient (Wildman–Crippen LogP) is 2.84. The van der Waals surface area contributed by atoms with Gasteiger partial charge >= 0.3 is 5.97 Å². The van der Waals surface area contributed by atoms with Crippen molar-refractivity contribution >= 4 is 5.97 Å². The van der Waals surface area contributed by atoms with Gasteiger partial charge in [-0.2, -0.15) is 5.26 Å². The van der Waals surface area contributed by atoms with Gasteiger partial charge in [0.25, 0.3) is 0 Å². The van der Waals surface area contributed by atoms with Gasteiger partial charge in [-0.05, 0) is 20.8 Å². The van der Waals surface area contributed by atoms with Crippen molar-refractivity contribution in [1.29, 1.82) is 5.26 Å². The Balaban J connectivity index is 2.80. The predicted molar refractivity (Wildman–Crippen MR) is 60.3 cm³/mol. The summed E-state index contributed by atoms with van der Waals surface area (Å²) in [5, 5.41) is 8.97. The van der Waals surface area contributed by atoms with E-state index in [0.717, 1.165) is 0 Å². The minimum atomic E-state index is -0.826. The molecule has 0 saturated heterocycles. The number of ether oxygens (including phenoxy) is 1. The average Bonchev–Trinajstić information content (AvgIpc) is 2.25. The fourth-order valence-electron chi connectivity index (χ4n) is 1.08. The Labute approximate surface area is 95.7 Å². The van der Waals surface area contributed by atoms with Gasteiger partial charge in [-0.1, -0.05) is 30.3 Å². The number of esters is 1. The standard InChI is InChI=1S/C13H15NO2/c1-13(2,3)12(15)16-11(9-14)10-7-5-4-6-8-10/h4-8,11H,1-3H3. The first kappa shape index (κ1) is 12.3. The molecule has 3 heteroatoms. The van der Waals surface area contributed by atoms with E-state index in [2.05, 4.69) is 0 Å². The van der Waals surface area contributed by atoms with E-state index >= 15 is 0 Å². The summed E-state index contributed by atoms with van der Waals surface area (Å²) in [6.45, 7) is 5.28. The first-order chi connectivity index (χ1) is 7.45. The fraction of sp³-hybridized carbons (Fsp3) is 0.385. The van der Waals surface area contributed by atoms with Crippen LogP contribution < -0.4 is 0 Å². The molecule has 3 nitrogen and oxygen atoms in total. The zero-order valence-corrected chi connectivity index (χ0v) is 9.73. The summed E-state index contributed by atoms with van der Waals surface area (Å²) >= 11 is 0. The molecule has 84 valence electrons. The molecule has 0 fully saturated rings. The van der Waals surface area contributed by atoms with Crippen molar-refractivity contribution in [3.63, 3.8) is 0 Å². The number of benzene rings is 1. The number of rotatable bonds is 2. The third kappa shape index (κ3) is 3.09. The van der Waals surface area contributed by atoms with Crippen molar-refractivity contribution in [1.82, 2.24) is 0 Å². The van der Waals surface area contributed by atoms with E-state index < -0.39 is 11.5 Å². The van der Waals surface area contributed by atoms with Crippen LogP contribution in [0.5, 0.6) is 0 Å². The van der Waals surface area contributed by atoms with Gasteiger partial charge in [0.2, 0.25) is 6.10 Å². The van der Waals surface area contributed by atoms with E-state index in [1.54, 1.807) is 32.9 Å². The molecule has 0 aliphatic heterocycles. The molecule has 0 bridgehead atoms. The molecule has 1 rings (SSSR count). The third-order valence-corrected chi connectivity index (χ3v) is 2.06. The summed E-state index contributed by atoms with van der Waals surface area (Å²) < 4.78 is 5.15. The van der Waals surface area contributed by atoms with Crippen molar-refractivity contribution in [3.8, 4) is 6.07 Å². The Hall–Kier alpha value is -1.82. The topological polar surface area (TPSA) is 50.1 Å². The average molecular weight is 217 g/mol. The van der Waals surface area contributed by atoms with Crippen LogP contribution in [0.2, 0.25) is 0 Å². The second kappa shape index (κ2) is 4.80. The number of nitrogens with zero attached hydrogens (tertiary/aromatic N) is 1. The van der Waals surface area contributed by atoms with Crippen LogP contribution in [0.15, 0.2) is 30.3 Å². The molecule has 0 spiro atoms. The molecule has 0 saturated carbocycles. The van der Waals surface area contributed by atoms with Gasteiger partial charge in [0.15, 0.2) is 0 Å². The molecule has 1 unspecified atom stereocenters. The number of hydrogen-bond acceptors (Lipinski definition) is 3. The molecule has 1 aromatic rings. The third-order valence-electron chi connectivity index (χ3n) is 2.06. The van der Waals surface area contributed by atoms with Gasteiger partial charge in [0, 0.05) is 5.56 Å². The quantitative estimate of drug-likeness (QED) is 0.716. The van der Waals surface area contributed by atoms with Crippen molar-refractivity contribution in [3.05, 3.63) is 35.9 Å². The van der Waals surface area contributed by atoms with E-state index in [1.165, 1.54) is 0 Å². The van der Waals surface area contributed by atoms with Crippen LogP contribution in [0.25, 0.3) is 0 Å². The maximum atomic E-state index is 11.6. The largest absolute Gasteiger partial charge is 0.442 e. The molecular formula is C13H15NO2. The number of hydrogen-bond donors (Lipinski definition) is 0. The highest BCUT2D eigenvalue weighted by molar-refractivity contribution is 5.75. The smallest absolute Gasteiger partial charge is 0.312 e. The Morgan fingerprint density at radius 1 is 1.31 bits per heavy atom. The van der Waals surface area contributed by atoms with Crippen molar-refractivity contribution in [2.75, 3.05) is 0 Å². The number of carbonyl (C=O) groups is 1. The molecular weight excluding hydrogens is 202 g/mol. The monoisotopic (exact) mass is 217 g/mol. The number of nitriles is 1. The van der Waals surface area contributed by atoms with Gasteiger partial charge in [-0.3, -0.25) is 4.79 Å². The van der Waals surface area contributed by atoms with Crippen LogP contribution >= 0.6 is 0 Å². The lowest BCUT2D eigenvalue weighted by atomic mass is 9.97. The lowest BCUT2D eigenvalue weighted by Gasteiger charge is -2.19. The first-order valence-corrected chi connectivity index (χ1v) is 5.11. The lowest BCUT2D eigenvalue weighted by Crippen LogP contribution is -2.24. The van der Waals surface area contributed by atoms with Crippen molar-refractivity contribution in [2.24, 2.45) is 5.41 Å². The highest BCUT2D eigenvalue weighted by Crippen LogP contribution is 2.22. The summed E-state index contributed by atoms with van der Waals surface area (Å²) in [6, 6.07) is 11.0. The molecule has 1 aromatic carbocycles. The molecule has 0 aliphatic rings. The van der Waals surface area contributed by atoms with Gasteiger partial charge in [-0.25, -0.2) is 0 Å². The highest BCUT2D eigenvalue weighted by atomic mass is 16.5. The fourth-order valence-corrected chi connectivity index (χ4v) is 1.08. The molecule has 0 aromatic heterocycles. The summed E-state index contributed by atoms with van der Waals surface area (Å²) in [5.74, 6) is -0.372. The lowest BCUT2D eigenvalue weighted by molar-refractivity contribution is -0.156. The summed E-state index contributed by atoms with van der Waals surface area (Å²) in [5.41, 5.74) is 0.103. The molecule has 16 heavy (non-hydrogen) atoms.